The van der Waals surface area contributed by atoms with Crippen LogP contribution in [0.5, 0.6) is 0 Å². The first-order chi connectivity index (χ1) is 9.97. The van der Waals surface area contributed by atoms with Gasteiger partial charge in [-0.2, -0.15) is 0 Å². The summed E-state index contributed by atoms with van der Waals surface area (Å²) in [6.07, 6.45) is 4.98. The molecule has 0 heterocycles. The zero-order valence-electron chi connectivity index (χ0n) is 13.2. The number of allylic oxidation sites excluding steroid dienone is 3. The number of benzene rings is 1. The number of carbonyl (C=O) groups is 1. The fraction of sp³-hybridized carbons (Fsp3) is 0.278. The Morgan fingerprint density at radius 1 is 1.33 bits per heavy atom. The van der Waals surface area contributed by atoms with Gasteiger partial charge in [0.2, 0.25) is 0 Å². The molecule has 0 atom stereocenters. The van der Waals surface area contributed by atoms with Gasteiger partial charge in [-0.1, -0.05) is 36.4 Å². The van der Waals surface area contributed by atoms with Crippen LogP contribution in [0.1, 0.15) is 23.6 Å². The molecule has 0 radical (unpaired) electrons. The minimum atomic E-state index is -0.148. The Labute approximate surface area is 127 Å². The Balaban J connectivity index is 2.73. The molecule has 0 saturated carbocycles. The first kappa shape index (κ1) is 16.8. The van der Waals surface area contributed by atoms with Gasteiger partial charge < -0.3 is 10.1 Å². The average Bonchev–Trinajstić information content (AvgIpc) is 2.46. The van der Waals surface area contributed by atoms with E-state index >= 15 is 0 Å². The van der Waals surface area contributed by atoms with Crippen molar-refractivity contribution in [2.45, 2.75) is 27.3 Å². The van der Waals surface area contributed by atoms with Crippen LogP contribution in [-0.2, 0) is 16.1 Å². The summed E-state index contributed by atoms with van der Waals surface area (Å²) < 4.78 is 5.03. The van der Waals surface area contributed by atoms with E-state index in [0.29, 0.717) is 12.1 Å². The lowest BCUT2D eigenvalue weighted by Crippen LogP contribution is -2.24. The predicted octanol–water partition coefficient (Wildman–Crippen LogP) is 3.58. The second-order valence-corrected chi connectivity index (χ2v) is 4.92. The normalized spacial score (nSPS) is 12.0. The summed E-state index contributed by atoms with van der Waals surface area (Å²) in [4.78, 5) is 12.1. The number of rotatable bonds is 6. The maximum atomic E-state index is 12.1. The number of carbonyl (C=O) groups excluding carboxylic acids is 1. The Kier molecular flexibility index (Phi) is 6.47. The highest BCUT2D eigenvalue weighted by atomic mass is 16.5. The van der Waals surface area contributed by atoms with Crippen LogP contribution in [-0.4, -0.2) is 13.0 Å². The van der Waals surface area contributed by atoms with Crippen LogP contribution < -0.4 is 5.32 Å². The number of ether oxygens (including phenoxy) is 1. The summed E-state index contributed by atoms with van der Waals surface area (Å²) in [5.74, 6) is 0.585. The summed E-state index contributed by atoms with van der Waals surface area (Å²) >= 11 is 0. The molecule has 1 amide bonds. The van der Waals surface area contributed by atoms with Gasteiger partial charge in [-0.3, -0.25) is 4.79 Å². The van der Waals surface area contributed by atoms with Crippen molar-refractivity contribution >= 4 is 5.91 Å². The van der Waals surface area contributed by atoms with Gasteiger partial charge in [0, 0.05) is 12.1 Å². The van der Waals surface area contributed by atoms with E-state index in [2.05, 4.69) is 24.9 Å². The Morgan fingerprint density at radius 3 is 2.62 bits per heavy atom. The molecule has 3 nitrogen and oxygen atoms in total. The van der Waals surface area contributed by atoms with E-state index in [0.717, 1.165) is 11.3 Å². The van der Waals surface area contributed by atoms with E-state index in [4.69, 9.17) is 4.74 Å². The van der Waals surface area contributed by atoms with E-state index in [-0.39, 0.29) is 5.91 Å². The second-order valence-electron chi connectivity index (χ2n) is 4.92. The monoisotopic (exact) mass is 285 g/mol. The lowest BCUT2D eigenvalue weighted by molar-refractivity contribution is -0.117. The third-order valence-corrected chi connectivity index (χ3v) is 3.24. The van der Waals surface area contributed by atoms with Crippen LogP contribution in [0.15, 0.2) is 54.3 Å². The van der Waals surface area contributed by atoms with Crippen LogP contribution in [0.3, 0.4) is 0 Å². The molecule has 1 N–H and O–H groups in total. The van der Waals surface area contributed by atoms with Crippen molar-refractivity contribution in [3.8, 4) is 0 Å². The maximum Gasteiger partial charge on any atom is 0.251 e. The highest BCUT2D eigenvalue weighted by Gasteiger charge is 2.06. The molecule has 1 aromatic rings. The van der Waals surface area contributed by atoms with Crippen LogP contribution in [0, 0.1) is 13.8 Å². The molecule has 0 spiro atoms. The van der Waals surface area contributed by atoms with Crippen LogP contribution in [0.25, 0.3) is 0 Å². The van der Waals surface area contributed by atoms with Crippen LogP contribution in [0.4, 0.5) is 0 Å². The van der Waals surface area contributed by atoms with Gasteiger partial charge in [-0.25, -0.2) is 0 Å². The number of hydrogen-bond acceptors (Lipinski definition) is 2. The predicted molar refractivity (Wildman–Crippen MR) is 86.8 cm³/mol. The first-order valence-corrected chi connectivity index (χ1v) is 6.87. The van der Waals surface area contributed by atoms with Gasteiger partial charge >= 0.3 is 0 Å². The van der Waals surface area contributed by atoms with E-state index in [1.165, 1.54) is 17.2 Å². The SMILES string of the molecule is C=C/C(=C\C=C(/C)OC)C(=O)NCc1ccc(C)cc1C. The minimum absolute atomic E-state index is 0.148. The van der Waals surface area contributed by atoms with Gasteiger partial charge in [-0.05, 0) is 44.1 Å². The third kappa shape index (κ3) is 5.30. The fourth-order valence-electron chi connectivity index (χ4n) is 1.83. The first-order valence-electron chi connectivity index (χ1n) is 6.87. The average molecular weight is 285 g/mol. The molecule has 1 rings (SSSR count). The Morgan fingerprint density at radius 2 is 2.05 bits per heavy atom. The fourth-order valence-corrected chi connectivity index (χ4v) is 1.83. The molecule has 1 aromatic carbocycles. The summed E-state index contributed by atoms with van der Waals surface area (Å²) in [6.45, 7) is 10.1. The van der Waals surface area contributed by atoms with E-state index in [1.54, 1.807) is 19.3 Å². The summed E-state index contributed by atoms with van der Waals surface area (Å²) in [5, 5.41) is 2.90. The topological polar surface area (TPSA) is 38.3 Å². The Bertz CT molecular complexity index is 583. The zero-order valence-corrected chi connectivity index (χ0v) is 13.2. The van der Waals surface area contributed by atoms with Gasteiger partial charge in [0.25, 0.3) is 5.91 Å². The number of aryl methyl sites for hydroxylation is 2. The zero-order chi connectivity index (χ0) is 15.8. The van der Waals surface area contributed by atoms with Crippen molar-refractivity contribution in [2.24, 2.45) is 0 Å². The quantitative estimate of drug-likeness (QED) is 0.493. The second kappa shape index (κ2) is 8.10. The van der Waals surface area contributed by atoms with E-state index < -0.39 is 0 Å². The highest BCUT2D eigenvalue weighted by molar-refractivity contribution is 5.96. The molecule has 0 aliphatic rings. The van der Waals surface area contributed by atoms with Crippen molar-refractivity contribution < 1.29 is 9.53 Å². The number of methoxy groups -OCH3 is 1. The van der Waals surface area contributed by atoms with Gasteiger partial charge in [0.1, 0.15) is 0 Å². The van der Waals surface area contributed by atoms with Crippen molar-refractivity contribution in [3.05, 3.63) is 71.0 Å². The third-order valence-electron chi connectivity index (χ3n) is 3.24. The van der Waals surface area contributed by atoms with Crippen LogP contribution >= 0.6 is 0 Å². The lowest BCUT2D eigenvalue weighted by Gasteiger charge is -2.09. The molecule has 112 valence electrons. The van der Waals surface area contributed by atoms with Crippen molar-refractivity contribution in [1.29, 1.82) is 0 Å². The molecule has 0 aliphatic heterocycles. The van der Waals surface area contributed by atoms with Crippen molar-refractivity contribution in [3.63, 3.8) is 0 Å². The number of amides is 1. The molecule has 0 unspecified atom stereocenters. The summed E-state index contributed by atoms with van der Waals surface area (Å²) in [5.41, 5.74) is 4.01. The van der Waals surface area contributed by atoms with Gasteiger partial charge in [0.15, 0.2) is 0 Å². The largest absolute Gasteiger partial charge is 0.501 e. The molecular weight excluding hydrogens is 262 g/mol. The van der Waals surface area contributed by atoms with Crippen molar-refractivity contribution in [1.82, 2.24) is 5.32 Å². The molecule has 0 aromatic heterocycles. The summed E-state index contributed by atoms with van der Waals surface area (Å²) in [7, 11) is 1.59. The molecule has 0 fully saturated rings. The molecule has 0 saturated heterocycles. The number of nitrogens with one attached hydrogen (secondary N) is 1. The van der Waals surface area contributed by atoms with E-state index in [9.17, 15) is 4.79 Å². The maximum absolute atomic E-state index is 12.1. The van der Waals surface area contributed by atoms with Gasteiger partial charge in [0.05, 0.1) is 12.9 Å². The van der Waals surface area contributed by atoms with E-state index in [1.807, 2.05) is 26.0 Å². The molecule has 3 heteroatoms. The molecule has 21 heavy (non-hydrogen) atoms. The van der Waals surface area contributed by atoms with Crippen molar-refractivity contribution in [2.75, 3.05) is 7.11 Å². The highest BCUT2D eigenvalue weighted by Crippen LogP contribution is 2.10. The Hall–Kier alpha value is -2.29. The van der Waals surface area contributed by atoms with Crippen LogP contribution in [0.2, 0.25) is 0 Å². The summed E-state index contributed by atoms with van der Waals surface area (Å²) in [6, 6.07) is 6.19. The smallest absolute Gasteiger partial charge is 0.251 e. The number of hydrogen-bond donors (Lipinski definition) is 1. The minimum Gasteiger partial charge on any atom is -0.501 e. The molecule has 0 bridgehead atoms. The molecular formula is C18H23NO2. The van der Waals surface area contributed by atoms with Gasteiger partial charge in [-0.15, -0.1) is 0 Å². The molecule has 0 aliphatic carbocycles. The standard InChI is InChI=1S/C18H23NO2/c1-6-16(10-8-15(4)21-5)18(20)19-12-17-9-7-13(2)11-14(17)3/h6-11H,1,12H2,2-5H3,(H,19,20)/b15-8+,16-10+. The lowest BCUT2D eigenvalue weighted by atomic mass is 10.1.